The van der Waals surface area contributed by atoms with E-state index in [2.05, 4.69) is 6.58 Å². The Kier molecular flexibility index (Phi) is 5.87. The van der Waals surface area contributed by atoms with Gasteiger partial charge < -0.3 is 23.7 Å². The highest BCUT2D eigenvalue weighted by Crippen LogP contribution is 2.57. The molecule has 2 bridgehead atoms. The zero-order valence-corrected chi connectivity index (χ0v) is 19.7. The first-order valence-electron chi connectivity index (χ1n) is 11.0. The number of hydrogen-bond donors (Lipinski definition) is 0. The molecule has 3 aliphatic heterocycles. The van der Waals surface area contributed by atoms with Crippen LogP contribution < -0.4 is 9.80 Å². The number of hydroxylamine groups is 1. The summed E-state index contributed by atoms with van der Waals surface area (Å²) < 4.78 is 27.4. The van der Waals surface area contributed by atoms with Gasteiger partial charge in [0.2, 0.25) is 5.79 Å². The normalized spacial score (nSPS) is 23.8. The monoisotopic (exact) mass is 482 g/mol. The minimum Gasteiger partial charge on any atom is -0.488 e. The largest absolute Gasteiger partial charge is 0.488 e. The van der Waals surface area contributed by atoms with Gasteiger partial charge in [0.1, 0.15) is 25.2 Å². The van der Waals surface area contributed by atoms with Crippen LogP contribution in [-0.2, 0) is 30.4 Å². The van der Waals surface area contributed by atoms with E-state index in [1.807, 2.05) is 30.3 Å². The lowest BCUT2D eigenvalue weighted by atomic mass is 9.88. The molecule has 0 aliphatic carbocycles. The minimum atomic E-state index is -1.42. The Labute approximate surface area is 202 Å². The minimum absolute atomic E-state index is 0.0964. The SMILES string of the molecule is C=C1c2c(OCc3ccccc3)cc(C(=O)OC)cc2N2C[C@H]3[C@H](N3C(=O)OC)[C@]1(OCOC)O2. The van der Waals surface area contributed by atoms with Crippen molar-refractivity contribution in [2.45, 2.75) is 24.5 Å². The van der Waals surface area contributed by atoms with E-state index < -0.39 is 23.9 Å². The molecular weight excluding hydrogens is 456 g/mol. The Morgan fingerprint density at radius 2 is 1.91 bits per heavy atom. The number of carbonyl (C=O) groups excluding carboxylic acids is 2. The third kappa shape index (κ3) is 3.70. The third-order valence-electron chi connectivity index (χ3n) is 6.43. The number of amides is 1. The Bertz CT molecular complexity index is 1170. The second kappa shape index (κ2) is 8.88. The number of carbonyl (C=O) groups is 2. The fraction of sp³-hybridized carbons (Fsp3) is 0.360. The molecule has 0 N–H and O–H groups in total. The topological polar surface area (TPSA) is 95.8 Å². The number of fused-ring (bicyclic) bond motifs is 6. The summed E-state index contributed by atoms with van der Waals surface area (Å²) in [7, 11) is 4.13. The molecule has 184 valence electrons. The first kappa shape index (κ1) is 23.2. The smallest absolute Gasteiger partial charge is 0.410 e. The molecule has 0 aromatic heterocycles. The molecule has 2 aromatic carbocycles. The average Bonchev–Trinajstić information content (AvgIpc) is 3.63. The number of benzene rings is 2. The molecule has 1 amide bonds. The van der Waals surface area contributed by atoms with Crippen LogP contribution in [0.15, 0.2) is 49.0 Å². The lowest BCUT2D eigenvalue weighted by Gasteiger charge is -2.47. The number of hydrogen-bond acceptors (Lipinski definition) is 9. The molecular formula is C25H26N2O8. The number of esters is 1. The number of nitrogens with zero attached hydrogens (tertiary/aromatic N) is 2. The van der Waals surface area contributed by atoms with Gasteiger partial charge in [0, 0.05) is 12.7 Å². The summed E-state index contributed by atoms with van der Waals surface area (Å²) in [5, 5.41) is 1.60. The van der Waals surface area contributed by atoms with Gasteiger partial charge >= 0.3 is 12.1 Å². The first-order chi connectivity index (χ1) is 16.9. The van der Waals surface area contributed by atoms with Gasteiger partial charge in [-0.05, 0) is 17.7 Å². The van der Waals surface area contributed by atoms with E-state index in [1.165, 1.54) is 21.3 Å². The van der Waals surface area contributed by atoms with E-state index in [0.717, 1.165) is 5.56 Å². The molecule has 0 spiro atoms. The fourth-order valence-corrected chi connectivity index (χ4v) is 4.77. The quantitative estimate of drug-likeness (QED) is 0.335. The van der Waals surface area contributed by atoms with Crippen LogP contribution in [0.4, 0.5) is 10.5 Å². The lowest BCUT2D eigenvalue weighted by molar-refractivity contribution is -0.251. The molecule has 35 heavy (non-hydrogen) atoms. The number of methoxy groups -OCH3 is 3. The average molecular weight is 482 g/mol. The summed E-state index contributed by atoms with van der Waals surface area (Å²) in [4.78, 5) is 32.8. The zero-order valence-electron chi connectivity index (χ0n) is 19.7. The zero-order chi connectivity index (χ0) is 24.7. The lowest BCUT2D eigenvalue weighted by Crippen LogP contribution is -2.57. The van der Waals surface area contributed by atoms with Crippen molar-refractivity contribution < 1.29 is 38.1 Å². The predicted octanol–water partition coefficient (Wildman–Crippen LogP) is 2.97. The highest BCUT2D eigenvalue weighted by Gasteiger charge is 2.72. The maximum absolute atomic E-state index is 12.5. The summed E-state index contributed by atoms with van der Waals surface area (Å²) in [6, 6.07) is 12.2. The van der Waals surface area contributed by atoms with Gasteiger partial charge in [0.25, 0.3) is 0 Å². The van der Waals surface area contributed by atoms with Crippen LogP contribution in [0.5, 0.6) is 5.75 Å². The standard InChI is InChI=1S/C25H26N2O8/c1-15-21-18(10-17(23(28)31-3)11-20(21)33-13-16-8-6-5-7-9-16)26-12-19-22(27(19)24(29)32-4)25(15,35-26)34-14-30-2/h5-11,19,22H,1,12-14H2,2-4H3/t19-,22-,25+,27?/m0/s1. The van der Waals surface area contributed by atoms with Gasteiger partial charge in [-0.2, -0.15) is 0 Å². The molecule has 5 rings (SSSR count). The highest BCUT2D eigenvalue weighted by molar-refractivity contribution is 5.96. The first-order valence-corrected chi connectivity index (χ1v) is 11.0. The fourth-order valence-electron chi connectivity index (χ4n) is 4.77. The molecule has 10 heteroatoms. The van der Waals surface area contributed by atoms with Crippen molar-refractivity contribution in [3.8, 4) is 5.75 Å². The van der Waals surface area contributed by atoms with Gasteiger partial charge in [-0.15, -0.1) is 0 Å². The van der Waals surface area contributed by atoms with Crippen molar-refractivity contribution in [2.75, 3.05) is 39.7 Å². The summed E-state index contributed by atoms with van der Waals surface area (Å²) in [6.07, 6.45) is -0.495. The summed E-state index contributed by atoms with van der Waals surface area (Å²) >= 11 is 0. The van der Waals surface area contributed by atoms with E-state index in [4.69, 9.17) is 28.5 Å². The Balaban J connectivity index is 1.60. The van der Waals surface area contributed by atoms with E-state index in [1.54, 1.807) is 22.1 Å². The third-order valence-corrected chi connectivity index (χ3v) is 6.43. The van der Waals surface area contributed by atoms with Crippen LogP contribution in [-0.4, -0.2) is 69.5 Å². The second-order valence-electron chi connectivity index (χ2n) is 8.37. The predicted molar refractivity (Wildman–Crippen MR) is 124 cm³/mol. The van der Waals surface area contributed by atoms with Gasteiger partial charge in [-0.25, -0.2) is 19.5 Å². The maximum atomic E-state index is 12.5. The molecule has 0 unspecified atom stereocenters. The van der Waals surface area contributed by atoms with Gasteiger partial charge in [0.05, 0.1) is 43.6 Å². The van der Waals surface area contributed by atoms with Crippen LogP contribution in [0, 0.1) is 0 Å². The number of rotatable bonds is 7. The Morgan fingerprint density at radius 1 is 1.14 bits per heavy atom. The molecule has 2 aromatic rings. The van der Waals surface area contributed by atoms with Crippen molar-refractivity contribution in [2.24, 2.45) is 0 Å². The van der Waals surface area contributed by atoms with Crippen molar-refractivity contribution >= 4 is 23.3 Å². The van der Waals surface area contributed by atoms with Crippen molar-refractivity contribution in [3.05, 3.63) is 65.7 Å². The van der Waals surface area contributed by atoms with Crippen LogP contribution in [0.3, 0.4) is 0 Å². The molecule has 3 heterocycles. The summed E-state index contributed by atoms with van der Waals surface area (Å²) in [5.41, 5.74) is 2.87. The summed E-state index contributed by atoms with van der Waals surface area (Å²) in [6.45, 7) is 4.80. The molecule has 3 aliphatic rings. The highest BCUT2D eigenvalue weighted by atomic mass is 16.8. The second-order valence-corrected chi connectivity index (χ2v) is 8.37. The van der Waals surface area contributed by atoms with Crippen LogP contribution >= 0.6 is 0 Å². The van der Waals surface area contributed by atoms with Crippen molar-refractivity contribution in [1.82, 2.24) is 4.90 Å². The number of anilines is 1. The van der Waals surface area contributed by atoms with Crippen molar-refractivity contribution in [1.29, 1.82) is 0 Å². The Hall–Kier alpha value is -3.60. The maximum Gasteiger partial charge on any atom is 0.410 e. The van der Waals surface area contributed by atoms with Gasteiger partial charge in [-0.3, -0.25) is 4.90 Å². The van der Waals surface area contributed by atoms with Crippen molar-refractivity contribution in [3.63, 3.8) is 0 Å². The summed E-state index contributed by atoms with van der Waals surface area (Å²) in [5.74, 6) is -1.52. The van der Waals surface area contributed by atoms with E-state index in [9.17, 15) is 9.59 Å². The number of ether oxygens (including phenoxy) is 5. The molecule has 10 nitrogen and oxygen atoms in total. The Morgan fingerprint density at radius 3 is 2.60 bits per heavy atom. The van der Waals surface area contributed by atoms with Crippen LogP contribution in [0.1, 0.15) is 21.5 Å². The van der Waals surface area contributed by atoms with Gasteiger partial charge in [-0.1, -0.05) is 36.9 Å². The van der Waals surface area contributed by atoms with E-state index in [0.29, 0.717) is 34.7 Å². The molecule has 0 saturated carbocycles. The van der Waals surface area contributed by atoms with Crippen LogP contribution in [0.2, 0.25) is 0 Å². The van der Waals surface area contributed by atoms with Gasteiger partial charge in [0.15, 0.2) is 0 Å². The molecule has 2 saturated heterocycles. The van der Waals surface area contributed by atoms with E-state index in [-0.39, 0.29) is 19.4 Å². The van der Waals surface area contributed by atoms with Crippen LogP contribution in [0.25, 0.3) is 5.57 Å². The van der Waals surface area contributed by atoms with E-state index >= 15 is 0 Å². The molecule has 2 fully saturated rings. The molecule has 3 atom stereocenters. The molecule has 0 radical (unpaired) electrons.